The topological polar surface area (TPSA) is 46.6 Å². The average Bonchev–Trinajstić information content (AvgIpc) is 2.87. The molecule has 0 bridgehead atoms. The number of likely N-dealkylation sites (tertiary alicyclic amines) is 1. The number of benzene rings is 1. The number of carbonyl (C=O) groups is 2. The molecule has 118 valence electrons. The van der Waals surface area contributed by atoms with E-state index >= 15 is 0 Å². The second-order valence-electron chi connectivity index (χ2n) is 6.42. The summed E-state index contributed by atoms with van der Waals surface area (Å²) in [6, 6.07) is 6.08. The lowest BCUT2D eigenvalue weighted by molar-refractivity contribution is -0.139. The van der Waals surface area contributed by atoms with Gasteiger partial charge in [0.15, 0.2) is 12.4 Å². The number of fused-ring (bicyclic) bond motifs is 1. The van der Waals surface area contributed by atoms with Crippen molar-refractivity contribution in [3.8, 4) is 5.75 Å². The first kappa shape index (κ1) is 15.1. The molecule has 1 heterocycles. The van der Waals surface area contributed by atoms with Crippen LogP contribution in [-0.4, -0.2) is 35.3 Å². The Morgan fingerprint density at radius 3 is 2.68 bits per heavy atom. The van der Waals surface area contributed by atoms with Crippen LogP contribution in [0.1, 0.15) is 55.5 Å². The van der Waals surface area contributed by atoms with Gasteiger partial charge < -0.3 is 9.64 Å². The zero-order valence-corrected chi connectivity index (χ0v) is 13.3. The molecule has 0 radical (unpaired) electrons. The van der Waals surface area contributed by atoms with Crippen LogP contribution in [0.2, 0.25) is 0 Å². The first-order chi connectivity index (χ1) is 10.6. The number of rotatable bonds is 3. The molecule has 1 aromatic rings. The van der Waals surface area contributed by atoms with E-state index in [2.05, 4.69) is 13.8 Å². The van der Waals surface area contributed by atoms with Gasteiger partial charge in [0.2, 0.25) is 0 Å². The molecule has 0 saturated carbocycles. The lowest BCUT2D eigenvalue weighted by Crippen LogP contribution is -2.49. The Morgan fingerprint density at radius 1 is 1.23 bits per heavy atom. The largest absolute Gasteiger partial charge is 0.483 e. The van der Waals surface area contributed by atoms with Crippen molar-refractivity contribution < 1.29 is 14.3 Å². The molecule has 2 aliphatic rings. The van der Waals surface area contributed by atoms with Gasteiger partial charge >= 0.3 is 0 Å². The summed E-state index contributed by atoms with van der Waals surface area (Å²) < 4.78 is 5.77. The van der Waals surface area contributed by atoms with Crippen LogP contribution in [0.3, 0.4) is 0 Å². The van der Waals surface area contributed by atoms with Crippen LogP contribution >= 0.6 is 0 Å². The minimum Gasteiger partial charge on any atom is -0.483 e. The van der Waals surface area contributed by atoms with Crippen LogP contribution < -0.4 is 4.74 Å². The summed E-state index contributed by atoms with van der Waals surface area (Å²) in [4.78, 5) is 26.2. The van der Waals surface area contributed by atoms with E-state index in [9.17, 15) is 9.59 Å². The van der Waals surface area contributed by atoms with Gasteiger partial charge in [-0.05, 0) is 45.6 Å². The fourth-order valence-electron chi connectivity index (χ4n) is 3.72. The van der Waals surface area contributed by atoms with Gasteiger partial charge in [0.1, 0.15) is 5.75 Å². The maximum absolute atomic E-state index is 12.5. The fourth-order valence-corrected chi connectivity index (χ4v) is 3.72. The lowest BCUT2D eigenvalue weighted by atomic mass is 9.97. The third kappa shape index (κ3) is 2.74. The number of carbonyl (C=O) groups excluding carboxylic acids is 2. The van der Waals surface area contributed by atoms with E-state index in [1.54, 1.807) is 0 Å². The van der Waals surface area contributed by atoms with E-state index in [1.807, 2.05) is 23.1 Å². The number of ketones is 1. The van der Waals surface area contributed by atoms with Gasteiger partial charge in [-0.15, -0.1) is 0 Å². The van der Waals surface area contributed by atoms with Crippen molar-refractivity contribution >= 4 is 11.7 Å². The summed E-state index contributed by atoms with van der Waals surface area (Å²) >= 11 is 0. The number of amides is 1. The summed E-state index contributed by atoms with van der Waals surface area (Å²) in [5.74, 6) is 0.903. The quantitative estimate of drug-likeness (QED) is 0.862. The maximum atomic E-state index is 12.5. The van der Waals surface area contributed by atoms with Gasteiger partial charge in [-0.3, -0.25) is 9.59 Å². The highest BCUT2D eigenvalue weighted by Gasteiger charge is 2.29. The predicted octanol–water partition coefficient (Wildman–Crippen LogP) is 2.98. The van der Waals surface area contributed by atoms with Crippen LogP contribution in [0.15, 0.2) is 18.2 Å². The standard InChI is InChI=1S/C18H23NO3/c1-12-5-3-6-13(2)19(12)18(21)11-22-17-8-4-7-14-15(17)9-10-16(14)20/h4,7-8,12-13H,3,5-6,9-11H2,1-2H3. The van der Waals surface area contributed by atoms with E-state index in [-0.39, 0.29) is 30.4 Å². The number of ether oxygens (including phenoxy) is 1. The zero-order valence-electron chi connectivity index (χ0n) is 13.3. The van der Waals surface area contributed by atoms with Gasteiger partial charge in [0.25, 0.3) is 5.91 Å². The van der Waals surface area contributed by atoms with Gasteiger partial charge in [-0.1, -0.05) is 12.1 Å². The lowest BCUT2D eigenvalue weighted by Gasteiger charge is -2.39. The van der Waals surface area contributed by atoms with Gasteiger partial charge in [-0.25, -0.2) is 0 Å². The van der Waals surface area contributed by atoms with Gasteiger partial charge in [0.05, 0.1) is 0 Å². The monoisotopic (exact) mass is 301 g/mol. The molecular formula is C18H23NO3. The normalized spacial score (nSPS) is 24.3. The van der Waals surface area contributed by atoms with E-state index in [4.69, 9.17) is 4.74 Å². The van der Waals surface area contributed by atoms with Crippen LogP contribution in [0, 0.1) is 0 Å². The summed E-state index contributed by atoms with van der Waals surface area (Å²) in [6.45, 7) is 4.26. The molecule has 0 aromatic heterocycles. The molecule has 4 heteroatoms. The van der Waals surface area contributed by atoms with Crippen molar-refractivity contribution in [1.29, 1.82) is 0 Å². The van der Waals surface area contributed by atoms with Crippen molar-refractivity contribution in [3.63, 3.8) is 0 Å². The van der Waals surface area contributed by atoms with Crippen molar-refractivity contribution in [1.82, 2.24) is 4.90 Å². The van der Waals surface area contributed by atoms with Crippen LogP contribution in [0.4, 0.5) is 0 Å². The predicted molar refractivity (Wildman–Crippen MR) is 84.2 cm³/mol. The minimum absolute atomic E-state index is 0.0432. The molecule has 1 aromatic carbocycles. The Hall–Kier alpha value is -1.84. The first-order valence-corrected chi connectivity index (χ1v) is 8.17. The number of Topliss-reactive ketones (excluding diaryl/α,β-unsaturated/α-hetero) is 1. The smallest absolute Gasteiger partial charge is 0.260 e. The van der Waals surface area contributed by atoms with Crippen molar-refractivity contribution in [2.45, 2.75) is 58.0 Å². The third-order valence-electron chi connectivity index (χ3n) is 4.87. The first-order valence-electron chi connectivity index (χ1n) is 8.17. The summed E-state index contributed by atoms with van der Waals surface area (Å²) in [7, 11) is 0. The molecule has 3 rings (SSSR count). The molecule has 1 saturated heterocycles. The third-order valence-corrected chi connectivity index (χ3v) is 4.87. The van der Waals surface area contributed by atoms with Crippen LogP contribution in [0.25, 0.3) is 0 Å². The number of hydrogen-bond acceptors (Lipinski definition) is 3. The Morgan fingerprint density at radius 2 is 1.95 bits per heavy atom. The number of nitrogens with zero attached hydrogens (tertiary/aromatic N) is 1. The molecule has 22 heavy (non-hydrogen) atoms. The fraction of sp³-hybridized carbons (Fsp3) is 0.556. The molecule has 2 unspecified atom stereocenters. The van der Waals surface area contributed by atoms with Crippen LogP contribution in [-0.2, 0) is 11.2 Å². The Labute approximate surface area is 131 Å². The molecular weight excluding hydrogens is 278 g/mol. The van der Waals surface area contributed by atoms with Crippen molar-refractivity contribution in [3.05, 3.63) is 29.3 Å². The van der Waals surface area contributed by atoms with E-state index in [0.717, 1.165) is 30.4 Å². The van der Waals surface area contributed by atoms with E-state index in [0.29, 0.717) is 12.2 Å². The molecule has 1 fully saturated rings. The molecule has 1 aliphatic carbocycles. The average molecular weight is 301 g/mol. The summed E-state index contributed by atoms with van der Waals surface area (Å²) in [5.41, 5.74) is 1.71. The SMILES string of the molecule is CC1CCCC(C)N1C(=O)COc1cccc2c1CCC2=O. The van der Waals surface area contributed by atoms with Crippen LogP contribution in [0.5, 0.6) is 5.75 Å². The van der Waals surface area contributed by atoms with Gasteiger partial charge in [-0.2, -0.15) is 0 Å². The Bertz CT molecular complexity index is 586. The molecule has 1 aliphatic heterocycles. The highest BCUT2D eigenvalue weighted by Crippen LogP contribution is 2.30. The second kappa shape index (κ2) is 6.11. The molecule has 2 atom stereocenters. The summed E-state index contributed by atoms with van der Waals surface area (Å²) in [6.07, 6.45) is 4.57. The molecule has 4 nitrogen and oxygen atoms in total. The summed E-state index contributed by atoms with van der Waals surface area (Å²) in [5, 5.41) is 0. The molecule has 1 amide bonds. The Kier molecular flexibility index (Phi) is 4.19. The van der Waals surface area contributed by atoms with E-state index < -0.39 is 0 Å². The number of piperidine rings is 1. The van der Waals surface area contributed by atoms with Crippen molar-refractivity contribution in [2.24, 2.45) is 0 Å². The zero-order chi connectivity index (χ0) is 15.7. The highest BCUT2D eigenvalue weighted by atomic mass is 16.5. The molecule has 0 spiro atoms. The van der Waals surface area contributed by atoms with E-state index in [1.165, 1.54) is 6.42 Å². The number of hydrogen-bond donors (Lipinski definition) is 0. The Balaban J connectivity index is 1.68. The van der Waals surface area contributed by atoms with Crippen molar-refractivity contribution in [2.75, 3.05) is 6.61 Å². The van der Waals surface area contributed by atoms with Gasteiger partial charge in [0, 0.05) is 29.6 Å². The highest BCUT2D eigenvalue weighted by molar-refractivity contribution is 6.01. The second-order valence-corrected chi connectivity index (χ2v) is 6.42. The minimum atomic E-state index is 0.0432. The maximum Gasteiger partial charge on any atom is 0.260 e. The molecule has 0 N–H and O–H groups in total.